The maximum Gasteiger partial charge on any atom is 0.327 e. The highest BCUT2D eigenvalue weighted by Gasteiger charge is 2.17. The summed E-state index contributed by atoms with van der Waals surface area (Å²) in [5.74, 6) is 0.348. The van der Waals surface area contributed by atoms with E-state index in [1.165, 1.54) is 25.7 Å². The standard InChI is InChI=1S/C11H25O3P/c1-4-5-6-7-8-9-11(10(2)3)14-15(12)13/h10-13H,4-9H2,1-3H3. The molecule has 0 amide bonds. The monoisotopic (exact) mass is 236 g/mol. The third-order valence-electron chi connectivity index (χ3n) is 2.57. The van der Waals surface area contributed by atoms with Gasteiger partial charge in [-0.15, -0.1) is 0 Å². The lowest BCUT2D eigenvalue weighted by molar-refractivity contribution is 0.118. The Morgan fingerprint density at radius 3 is 2.13 bits per heavy atom. The first kappa shape index (κ1) is 15.3. The molecular formula is C11H25O3P. The summed E-state index contributed by atoms with van der Waals surface area (Å²) < 4.78 is 5.09. The Morgan fingerprint density at radius 1 is 1.07 bits per heavy atom. The molecule has 0 aromatic rings. The number of hydrogen-bond acceptors (Lipinski definition) is 3. The Morgan fingerprint density at radius 2 is 1.67 bits per heavy atom. The molecule has 4 heteroatoms. The molecule has 0 aliphatic heterocycles. The van der Waals surface area contributed by atoms with Crippen molar-refractivity contribution in [2.45, 2.75) is 65.4 Å². The molecular weight excluding hydrogens is 211 g/mol. The molecule has 0 spiro atoms. The molecule has 3 nitrogen and oxygen atoms in total. The quantitative estimate of drug-likeness (QED) is 0.475. The van der Waals surface area contributed by atoms with Gasteiger partial charge in [-0.05, 0) is 12.3 Å². The second kappa shape index (κ2) is 9.53. The van der Waals surface area contributed by atoms with Crippen LogP contribution >= 0.6 is 8.60 Å². The summed E-state index contributed by atoms with van der Waals surface area (Å²) in [7, 11) is -2.20. The molecule has 0 bridgehead atoms. The SMILES string of the molecule is CCCCCCCC(OP(O)O)C(C)C. The Balaban J connectivity index is 3.58. The van der Waals surface area contributed by atoms with Gasteiger partial charge in [-0.1, -0.05) is 52.9 Å². The molecule has 2 N–H and O–H groups in total. The van der Waals surface area contributed by atoms with E-state index in [1.807, 2.05) is 0 Å². The molecule has 15 heavy (non-hydrogen) atoms. The van der Waals surface area contributed by atoms with Crippen LogP contribution in [-0.4, -0.2) is 15.9 Å². The van der Waals surface area contributed by atoms with Crippen molar-refractivity contribution in [1.29, 1.82) is 0 Å². The fraction of sp³-hybridized carbons (Fsp3) is 1.00. The minimum absolute atomic E-state index is 0.00672. The molecule has 1 atom stereocenters. The van der Waals surface area contributed by atoms with E-state index in [0.29, 0.717) is 5.92 Å². The van der Waals surface area contributed by atoms with E-state index in [9.17, 15) is 0 Å². The van der Waals surface area contributed by atoms with Crippen LogP contribution < -0.4 is 0 Å². The van der Waals surface area contributed by atoms with E-state index in [2.05, 4.69) is 20.8 Å². The first-order valence-electron chi connectivity index (χ1n) is 5.92. The van der Waals surface area contributed by atoms with E-state index < -0.39 is 8.60 Å². The minimum Gasteiger partial charge on any atom is -0.328 e. The van der Waals surface area contributed by atoms with Crippen molar-refractivity contribution in [1.82, 2.24) is 0 Å². The lowest BCUT2D eigenvalue weighted by Crippen LogP contribution is -2.17. The summed E-state index contributed by atoms with van der Waals surface area (Å²) >= 11 is 0. The summed E-state index contributed by atoms with van der Waals surface area (Å²) in [6.07, 6.45) is 7.08. The largest absolute Gasteiger partial charge is 0.328 e. The summed E-state index contributed by atoms with van der Waals surface area (Å²) in [5, 5.41) is 0. The highest BCUT2D eigenvalue weighted by Crippen LogP contribution is 2.31. The molecule has 0 fully saturated rings. The Hall–Kier alpha value is 0.310. The van der Waals surface area contributed by atoms with Crippen molar-refractivity contribution in [3.63, 3.8) is 0 Å². The van der Waals surface area contributed by atoms with Crippen molar-refractivity contribution in [2.24, 2.45) is 5.92 Å². The summed E-state index contributed by atoms with van der Waals surface area (Å²) in [6, 6.07) is 0. The molecule has 0 aromatic heterocycles. The normalized spacial score (nSPS) is 13.8. The molecule has 1 unspecified atom stereocenters. The average Bonchev–Trinajstić information content (AvgIpc) is 2.15. The third kappa shape index (κ3) is 9.25. The molecule has 0 aliphatic rings. The smallest absolute Gasteiger partial charge is 0.327 e. The van der Waals surface area contributed by atoms with Crippen LogP contribution in [0, 0.1) is 5.92 Å². The van der Waals surface area contributed by atoms with E-state index >= 15 is 0 Å². The van der Waals surface area contributed by atoms with Gasteiger partial charge in [0.2, 0.25) is 0 Å². The van der Waals surface area contributed by atoms with Crippen LogP contribution in [0.15, 0.2) is 0 Å². The highest BCUT2D eigenvalue weighted by atomic mass is 31.2. The van der Waals surface area contributed by atoms with E-state index in [1.54, 1.807) is 0 Å². The summed E-state index contributed by atoms with van der Waals surface area (Å²) in [6.45, 7) is 6.30. The van der Waals surface area contributed by atoms with Gasteiger partial charge in [-0.2, -0.15) is 0 Å². The Bertz CT molecular complexity index is 140. The van der Waals surface area contributed by atoms with Crippen molar-refractivity contribution >= 4 is 8.60 Å². The predicted octanol–water partition coefficient (Wildman–Crippen LogP) is 3.60. The van der Waals surface area contributed by atoms with Gasteiger partial charge in [0.1, 0.15) is 0 Å². The number of rotatable bonds is 9. The zero-order valence-electron chi connectivity index (χ0n) is 10.1. The molecule has 0 radical (unpaired) electrons. The Kier molecular flexibility index (Phi) is 9.73. The lowest BCUT2D eigenvalue weighted by Gasteiger charge is -2.21. The maximum absolute atomic E-state index is 8.81. The van der Waals surface area contributed by atoms with E-state index in [4.69, 9.17) is 14.3 Å². The van der Waals surface area contributed by atoms with Crippen LogP contribution in [0.3, 0.4) is 0 Å². The first-order chi connectivity index (χ1) is 7.07. The van der Waals surface area contributed by atoms with Crippen LogP contribution in [-0.2, 0) is 4.52 Å². The predicted molar refractivity (Wildman–Crippen MR) is 64.4 cm³/mol. The van der Waals surface area contributed by atoms with Crippen LogP contribution in [0.25, 0.3) is 0 Å². The van der Waals surface area contributed by atoms with Crippen LogP contribution in [0.1, 0.15) is 59.3 Å². The van der Waals surface area contributed by atoms with Gasteiger partial charge in [0.15, 0.2) is 0 Å². The molecule has 0 heterocycles. The zero-order valence-corrected chi connectivity index (χ0v) is 11.0. The average molecular weight is 236 g/mol. The summed E-state index contributed by atoms with van der Waals surface area (Å²) in [5.41, 5.74) is 0. The third-order valence-corrected chi connectivity index (χ3v) is 3.02. The van der Waals surface area contributed by atoms with Gasteiger partial charge in [0, 0.05) is 0 Å². The van der Waals surface area contributed by atoms with Gasteiger partial charge in [0.25, 0.3) is 0 Å². The second-order valence-corrected chi connectivity index (χ2v) is 5.06. The van der Waals surface area contributed by atoms with E-state index in [-0.39, 0.29) is 6.10 Å². The molecule has 0 rings (SSSR count). The van der Waals surface area contributed by atoms with Gasteiger partial charge in [0.05, 0.1) is 6.10 Å². The number of unbranched alkanes of at least 4 members (excludes halogenated alkanes) is 4. The Labute approximate surface area is 94.9 Å². The lowest BCUT2D eigenvalue weighted by atomic mass is 10.0. The van der Waals surface area contributed by atoms with Gasteiger partial charge < -0.3 is 14.3 Å². The fourth-order valence-electron chi connectivity index (χ4n) is 1.58. The van der Waals surface area contributed by atoms with Gasteiger partial charge >= 0.3 is 8.60 Å². The van der Waals surface area contributed by atoms with Crippen molar-refractivity contribution in [3.8, 4) is 0 Å². The minimum atomic E-state index is -2.20. The fourth-order valence-corrected chi connectivity index (χ4v) is 2.17. The molecule has 0 aromatic carbocycles. The van der Waals surface area contributed by atoms with Crippen molar-refractivity contribution in [3.05, 3.63) is 0 Å². The van der Waals surface area contributed by atoms with Crippen molar-refractivity contribution in [2.75, 3.05) is 0 Å². The zero-order chi connectivity index (χ0) is 11.7. The number of hydrogen-bond donors (Lipinski definition) is 2. The van der Waals surface area contributed by atoms with Gasteiger partial charge in [-0.3, -0.25) is 0 Å². The molecule has 0 saturated carbocycles. The molecule has 0 aliphatic carbocycles. The van der Waals surface area contributed by atoms with Crippen LogP contribution in [0.2, 0.25) is 0 Å². The molecule has 0 saturated heterocycles. The van der Waals surface area contributed by atoms with Crippen LogP contribution in [0.5, 0.6) is 0 Å². The van der Waals surface area contributed by atoms with E-state index in [0.717, 1.165) is 12.8 Å². The summed E-state index contributed by atoms with van der Waals surface area (Å²) in [4.78, 5) is 17.6. The van der Waals surface area contributed by atoms with Crippen molar-refractivity contribution < 1.29 is 14.3 Å². The van der Waals surface area contributed by atoms with Gasteiger partial charge in [-0.25, -0.2) is 0 Å². The first-order valence-corrected chi connectivity index (χ1v) is 7.09. The topological polar surface area (TPSA) is 49.7 Å². The maximum atomic E-state index is 8.81. The van der Waals surface area contributed by atoms with Crippen LogP contribution in [0.4, 0.5) is 0 Å². The highest BCUT2D eigenvalue weighted by molar-refractivity contribution is 7.39. The molecule has 92 valence electrons. The second-order valence-electron chi connectivity index (χ2n) is 4.34.